The van der Waals surface area contributed by atoms with Gasteiger partial charge in [0.15, 0.2) is 0 Å². The molecule has 0 unspecified atom stereocenters. The van der Waals surface area contributed by atoms with Crippen LogP contribution in [0.1, 0.15) is 17.3 Å². The summed E-state index contributed by atoms with van der Waals surface area (Å²) in [5.41, 5.74) is -0.0870. The average Bonchev–Trinajstić information content (AvgIpc) is 3.41. The van der Waals surface area contributed by atoms with E-state index in [1.54, 1.807) is 18.3 Å². The molecule has 2 N–H and O–H groups in total. The highest BCUT2D eigenvalue weighted by Crippen LogP contribution is 2.35. The topological polar surface area (TPSA) is 94.1 Å². The maximum absolute atomic E-state index is 13.0. The Balaban J connectivity index is 1.49. The number of carbonyl (C=O) groups excluding carboxylic acids is 1. The first kappa shape index (κ1) is 21.2. The standard InChI is InChI=1S/C22H18ClF2N5O3/c1-12-10-30-19-16(17-6-7-26-29-17)8-13(9-18(19)28-21(30)32-11-12)20(31)27-14-2-4-15(5-3-14)33-22(23,24)25/h2-9,12H,10-11H2,1H3,(H,26,29)(H,27,31)/t12-/m1/s1. The molecule has 1 amide bonds. The molecule has 1 aliphatic rings. The molecule has 0 aliphatic carbocycles. The quantitative estimate of drug-likeness (QED) is 0.403. The highest BCUT2D eigenvalue weighted by Gasteiger charge is 2.27. The van der Waals surface area contributed by atoms with Crippen molar-refractivity contribution in [2.45, 2.75) is 19.0 Å². The second-order valence-electron chi connectivity index (χ2n) is 7.81. The fourth-order valence-electron chi connectivity index (χ4n) is 3.79. The van der Waals surface area contributed by atoms with E-state index in [0.717, 1.165) is 23.3 Å². The SMILES string of the molecule is C[C@H]1COc2nc3cc(C(=O)Nc4ccc(OC(F)(F)Cl)cc4)cc(-c4ccn[nH]4)c3n2C1. The van der Waals surface area contributed by atoms with E-state index in [0.29, 0.717) is 35.3 Å². The van der Waals surface area contributed by atoms with E-state index in [9.17, 15) is 13.6 Å². The highest BCUT2D eigenvalue weighted by atomic mass is 35.5. The number of imidazole rings is 1. The third-order valence-corrected chi connectivity index (χ3v) is 5.27. The number of aromatic amines is 1. The predicted octanol–water partition coefficient (Wildman–Crippen LogP) is 4.88. The minimum absolute atomic E-state index is 0.131. The van der Waals surface area contributed by atoms with E-state index >= 15 is 0 Å². The van der Waals surface area contributed by atoms with Crippen molar-refractivity contribution in [3.05, 3.63) is 54.2 Å². The summed E-state index contributed by atoms with van der Waals surface area (Å²) in [6, 6.07) is 11.2. The zero-order valence-electron chi connectivity index (χ0n) is 17.3. The van der Waals surface area contributed by atoms with E-state index < -0.39 is 11.5 Å². The van der Waals surface area contributed by atoms with E-state index in [2.05, 4.69) is 32.2 Å². The number of ether oxygens (including phenoxy) is 2. The first-order valence-corrected chi connectivity index (χ1v) is 10.5. The second-order valence-corrected chi connectivity index (χ2v) is 8.25. The molecule has 11 heteroatoms. The predicted molar refractivity (Wildman–Crippen MR) is 118 cm³/mol. The Morgan fingerprint density at radius 1 is 1.30 bits per heavy atom. The van der Waals surface area contributed by atoms with Crippen molar-refractivity contribution in [2.24, 2.45) is 5.92 Å². The molecule has 33 heavy (non-hydrogen) atoms. The van der Waals surface area contributed by atoms with Gasteiger partial charge in [-0.05, 0) is 42.5 Å². The van der Waals surface area contributed by atoms with Crippen LogP contribution in [0.5, 0.6) is 11.8 Å². The van der Waals surface area contributed by atoms with Crippen LogP contribution < -0.4 is 14.8 Å². The van der Waals surface area contributed by atoms with Gasteiger partial charge in [-0.2, -0.15) is 10.1 Å². The van der Waals surface area contributed by atoms with Gasteiger partial charge in [-0.25, -0.2) is 0 Å². The molecule has 4 aromatic rings. The molecule has 0 bridgehead atoms. The normalized spacial score (nSPS) is 15.7. The van der Waals surface area contributed by atoms with E-state index in [1.807, 2.05) is 10.6 Å². The molecule has 1 atom stereocenters. The average molecular weight is 474 g/mol. The summed E-state index contributed by atoms with van der Waals surface area (Å²) < 4.78 is 37.6. The van der Waals surface area contributed by atoms with Crippen molar-refractivity contribution in [2.75, 3.05) is 11.9 Å². The van der Waals surface area contributed by atoms with Gasteiger partial charge in [0.1, 0.15) is 5.75 Å². The molecule has 0 saturated carbocycles. The Kier molecular flexibility index (Phi) is 5.16. The Morgan fingerprint density at radius 2 is 2.09 bits per heavy atom. The number of anilines is 1. The van der Waals surface area contributed by atoms with Crippen LogP contribution in [0.25, 0.3) is 22.3 Å². The van der Waals surface area contributed by atoms with Gasteiger partial charge in [0.25, 0.3) is 11.9 Å². The van der Waals surface area contributed by atoms with Crippen LogP contribution in [0.2, 0.25) is 0 Å². The number of benzene rings is 2. The first-order valence-electron chi connectivity index (χ1n) is 10.1. The zero-order chi connectivity index (χ0) is 23.2. The zero-order valence-corrected chi connectivity index (χ0v) is 18.1. The van der Waals surface area contributed by atoms with Crippen LogP contribution in [0.3, 0.4) is 0 Å². The summed E-state index contributed by atoms with van der Waals surface area (Å²) in [6.07, 6.45) is 1.63. The van der Waals surface area contributed by atoms with E-state index in [1.165, 1.54) is 24.3 Å². The number of fused-ring (bicyclic) bond motifs is 3. The summed E-state index contributed by atoms with van der Waals surface area (Å²) in [5, 5.41) is 9.72. The minimum Gasteiger partial charge on any atom is -0.464 e. The van der Waals surface area contributed by atoms with E-state index in [4.69, 9.17) is 16.3 Å². The Hall–Kier alpha value is -3.66. The van der Waals surface area contributed by atoms with Crippen molar-refractivity contribution in [1.29, 1.82) is 0 Å². The maximum Gasteiger partial charge on any atom is 0.487 e. The lowest BCUT2D eigenvalue weighted by atomic mass is 10.0. The molecule has 3 heterocycles. The molecule has 170 valence electrons. The number of hydrogen-bond acceptors (Lipinski definition) is 5. The Labute approximate surface area is 191 Å². The van der Waals surface area contributed by atoms with Crippen LogP contribution in [-0.2, 0) is 6.54 Å². The minimum atomic E-state index is -3.81. The van der Waals surface area contributed by atoms with Crippen LogP contribution in [0.15, 0.2) is 48.7 Å². The molecule has 2 aromatic heterocycles. The van der Waals surface area contributed by atoms with Gasteiger partial charge in [-0.15, -0.1) is 8.78 Å². The third-order valence-electron chi connectivity index (χ3n) is 5.20. The summed E-state index contributed by atoms with van der Waals surface area (Å²) in [7, 11) is 0. The number of hydrogen-bond donors (Lipinski definition) is 2. The van der Waals surface area contributed by atoms with Crippen LogP contribution in [0, 0.1) is 5.92 Å². The number of aromatic nitrogens is 4. The van der Waals surface area contributed by atoms with Crippen molar-refractivity contribution in [3.63, 3.8) is 0 Å². The summed E-state index contributed by atoms with van der Waals surface area (Å²) in [4.78, 5) is 17.6. The molecule has 8 nitrogen and oxygen atoms in total. The van der Waals surface area contributed by atoms with Gasteiger partial charge < -0.3 is 14.8 Å². The lowest BCUT2D eigenvalue weighted by Crippen LogP contribution is -2.23. The molecule has 0 fully saturated rings. The molecule has 0 saturated heterocycles. The van der Waals surface area contributed by atoms with Crippen molar-refractivity contribution in [3.8, 4) is 23.0 Å². The van der Waals surface area contributed by atoms with Gasteiger partial charge in [-0.3, -0.25) is 14.5 Å². The third kappa shape index (κ3) is 4.34. The van der Waals surface area contributed by atoms with Crippen molar-refractivity contribution < 1.29 is 23.0 Å². The number of nitrogens with zero attached hydrogens (tertiary/aromatic N) is 3. The van der Waals surface area contributed by atoms with E-state index in [-0.39, 0.29) is 5.75 Å². The molecule has 0 radical (unpaired) electrons. The molecule has 2 aromatic carbocycles. The Bertz CT molecular complexity index is 1320. The molecule has 5 rings (SSSR count). The monoisotopic (exact) mass is 473 g/mol. The number of halogens is 3. The van der Waals surface area contributed by atoms with Crippen LogP contribution in [0.4, 0.5) is 14.5 Å². The highest BCUT2D eigenvalue weighted by molar-refractivity contribution is 6.20. The smallest absolute Gasteiger partial charge is 0.464 e. The number of nitrogens with one attached hydrogen (secondary N) is 2. The molecule has 0 spiro atoms. The van der Waals surface area contributed by atoms with Crippen molar-refractivity contribution >= 4 is 34.2 Å². The number of amides is 1. The number of H-pyrrole nitrogens is 1. The van der Waals surface area contributed by atoms with Gasteiger partial charge >= 0.3 is 5.57 Å². The van der Waals surface area contributed by atoms with Crippen LogP contribution >= 0.6 is 11.6 Å². The van der Waals surface area contributed by atoms with Crippen LogP contribution in [-0.4, -0.2) is 37.8 Å². The Morgan fingerprint density at radius 3 is 2.79 bits per heavy atom. The molecule has 1 aliphatic heterocycles. The van der Waals surface area contributed by atoms with Gasteiger partial charge in [0, 0.05) is 47.1 Å². The largest absolute Gasteiger partial charge is 0.487 e. The van der Waals surface area contributed by atoms with Gasteiger partial charge in [-0.1, -0.05) is 6.92 Å². The van der Waals surface area contributed by atoms with Gasteiger partial charge in [0.2, 0.25) is 0 Å². The second kappa shape index (κ2) is 8.04. The molecular formula is C22H18ClF2N5O3. The number of rotatable bonds is 5. The fraction of sp³-hybridized carbons (Fsp3) is 0.227. The van der Waals surface area contributed by atoms with Gasteiger partial charge in [0.05, 0.1) is 23.3 Å². The summed E-state index contributed by atoms with van der Waals surface area (Å²) in [5.74, 6) is -0.207. The number of alkyl halides is 3. The fourth-order valence-corrected chi connectivity index (χ4v) is 3.88. The lowest BCUT2D eigenvalue weighted by Gasteiger charge is -2.21. The summed E-state index contributed by atoms with van der Waals surface area (Å²) >= 11 is 4.77. The molecular weight excluding hydrogens is 456 g/mol. The summed E-state index contributed by atoms with van der Waals surface area (Å²) in [6.45, 7) is 3.41. The maximum atomic E-state index is 13.0. The van der Waals surface area contributed by atoms with Crippen molar-refractivity contribution in [1.82, 2.24) is 19.7 Å². The lowest BCUT2D eigenvalue weighted by molar-refractivity contribution is -0.0964. The number of carbonyl (C=O) groups is 1. The first-order chi connectivity index (χ1) is 15.8.